The van der Waals surface area contributed by atoms with Crippen LogP contribution >= 0.6 is 22.0 Å². The number of nitrogens with zero attached hydrogens (tertiary/aromatic N) is 2. The zero-order chi connectivity index (χ0) is 20.5. The second-order valence-electron chi connectivity index (χ2n) is 5.82. The van der Waals surface area contributed by atoms with Gasteiger partial charge in [-0.1, -0.05) is 6.07 Å². The fourth-order valence-electron chi connectivity index (χ4n) is 2.52. The summed E-state index contributed by atoms with van der Waals surface area (Å²) in [7, 11) is 2.93. The van der Waals surface area contributed by atoms with Gasteiger partial charge in [0, 0.05) is 42.1 Å². The molecule has 0 aliphatic rings. The van der Waals surface area contributed by atoms with Crippen LogP contribution in [0.5, 0.6) is 0 Å². The van der Waals surface area contributed by atoms with Crippen molar-refractivity contribution in [2.75, 3.05) is 5.32 Å². The molecule has 0 spiro atoms. The van der Waals surface area contributed by atoms with Crippen molar-refractivity contribution < 1.29 is 13.9 Å². The molecule has 3 aromatic rings. The second kappa shape index (κ2) is 7.70. The molecule has 0 aliphatic heterocycles. The molecular weight excluding hydrogens is 422 g/mol. The Balaban J connectivity index is 2.02. The number of amides is 1. The SMILES string of the molecule is C=S(=O)(Cl)c1cc(NC(C)=O)ccc1-c1cnc(-c2ccc([N+](=O)[O-])cc2)s1. The minimum atomic E-state index is -3.09. The third-order valence-electron chi connectivity index (χ3n) is 3.73. The number of nitro groups is 1. The van der Waals surface area contributed by atoms with Crippen molar-refractivity contribution in [3.05, 3.63) is 58.8 Å². The molecule has 0 bridgehead atoms. The van der Waals surface area contributed by atoms with E-state index in [0.717, 1.165) is 5.56 Å². The Labute approximate surface area is 169 Å². The van der Waals surface area contributed by atoms with Crippen LogP contribution < -0.4 is 5.32 Å². The zero-order valence-electron chi connectivity index (χ0n) is 14.5. The first kappa shape index (κ1) is 20.0. The summed E-state index contributed by atoms with van der Waals surface area (Å²) in [6.45, 7) is 1.37. The first-order chi connectivity index (χ1) is 13.1. The first-order valence-electron chi connectivity index (χ1n) is 7.84. The maximum absolute atomic E-state index is 12.5. The Morgan fingerprint density at radius 1 is 1.29 bits per heavy atom. The Morgan fingerprint density at radius 3 is 2.54 bits per heavy atom. The Hall–Kier alpha value is -2.75. The van der Waals surface area contributed by atoms with Crippen LogP contribution in [-0.2, 0) is 13.5 Å². The van der Waals surface area contributed by atoms with E-state index >= 15 is 0 Å². The van der Waals surface area contributed by atoms with Gasteiger partial charge in [-0.05, 0) is 40.8 Å². The zero-order valence-corrected chi connectivity index (χ0v) is 16.9. The molecule has 1 amide bonds. The number of aromatic nitrogens is 1. The van der Waals surface area contributed by atoms with Gasteiger partial charge in [0.15, 0.2) is 0 Å². The van der Waals surface area contributed by atoms with Crippen LogP contribution in [0, 0.1) is 10.1 Å². The van der Waals surface area contributed by atoms with Gasteiger partial charge in [0.1, 0.15) is 5.01 Å². The number of thiazole rings is 1. The Morgan fingerprint density at radius 2 is 1.96 bits per heavy atom. The molecule has 1 atom stereocenters. The van der Waals surface area contributed by atoms with Crippen LogP contribution in [0.15, 0.2) is 53.6 Å². The van der Waals surface area contributed by atoms with Crippen molar-refractivity contribution >= 4 is 53.9 Å². The highest BCUT2D eigenvalue weighted by Crippen LogP contribution is 2.38. The lowest BCUT2D eigenvalue weighted by Gasteiger charge is -2.10. The van der Waals surface area contributed by atoms with E-state index < -0.39 is 13.7 Å². The third-order valence-corrected chi connectivity index (χ3v) is 6.30. The summed E-state index contributed by atoms with van der Waals surface area (Å²) in [6, 6.07) is 11.0. The molecule has 0 saturated heterocycles. The number of carbonyl (C=O) groups is 1. The summed E-state index contributed by atoms with van der Waals surface area (Å²) in [6.07, 6.45) is 1.61. The highest BCUT2D eigenvalue weighted by Gasteiger charge is 2.17. The van der Waals surface area contributed by atoms with Gasteiger partial charge < -0.3 is 5.32 Å². The van der Waals surface area contributed by atoms with Gasteiger partial charge in [-0.2, -0.15) is 0 Å². The summed E-state index contributed by atoms with van der Waals surface area (Å²) in [5, 5.41) is 14.1. The number of nitrogens with one attached hydrogen (secondary N) is 1. The van der Waals surface area contributed by atoms with Gasteiger partial charge in [-0.3, -0.25) is 14.9 Å². The minimum absolute atomic E-state index is 0.00434. The van der Waals surface area contributed by atoms with E-state index in [1.165, 1.54) is 36.5 Å². The number of rotatable bonds is 5. The maximum Gasteiger partial charge on any atom is 0.269 e. The third kappa shape index (κ3) is 4.38. The lowest BCUT2D eigenvalue weighted by molar-refractivity contribution is -0.384. The standard InChI is InChI=1S/C18H14ClN3O4S2/c1-11(23)21-13-5-8-15(17(9-13)28(2,19)26)16-10-20-18(27-16)12-3-6-14(7-4-12)22(24)25/h3-10H,2H2,1H3,(H,21,23). The van der Waals surface area contributed by atoms with Crippen molar-refractivity contribution in [2.24, 2.45) is 0 Å². The van der Waals surface area contributed by atoms with Gasteiger partial charge in [0.2, 0.25) is 5.91 Å². The summed E-state index contributed by atoms with van der Waals surface area (Å²) in [5.41, 5.74) is 1.77. The van der Waals surface area contributed by atoms with Crippen LogP contribution in [0.25, 0.3) is 21.0 Å². The van der Waals surface area contributed by atoms with E-state index in [1.54, 1.807) is 30.5 Å². The number of benzene rings is 2. The van der Waals surface area contributed by atoms with E-state index in [9.17, 15) is 19.1 Å². The van der Waals surface area contributed by atoms with Gasteiger partial charge in [0.25, 0.3) is 5.69 Å². The summed E-state index contributed by atoms with van der Waals surface area (Å²) < 4.78 is 12.5. The molecule has 1 unspecified atom stereocenters. The monoisotopic (exact) mass is 435 g/mol. The van der Waals surface area contributed by atoms with E-state index in [1.807, 2.05) is 0 Å². The topological polar surface area (TPSA) is 102 Å². The van der Waals surface area contributed by atoms with Crippen molar-refractivity contribution in [3.63, 3.8) is 0 Å². The number of anilines is 1. The largest absolute Gasteiger partial charge is 0.326 e. The molecule has 7 nitrogen and oxygen atoms in total. The molecule has 10 heteroatoms. The molecule has 2 aromatic carbocycles. The number of nitro benzene ring substituents is 1. The Bertz CT molecular complexity index is 1170. The van der Waals surface area contributed by atoms with Crippen LogP contribution in [-0.4, -0.2) is 25.9 Å². The molecular formula is C18H14ClN3O4S2. The van der Waals surface area contributed by atoms with Gasteiger partial charge in [-0.25, -0.2) is 9.19 Å². The van der Waals surface area contributed by atoms with E-state index in [4.69, 9.17) is 10.7 Å². The molecule has 0 radical (unpaired) electrons. The lowest BCUT2D eigenvalue weighted by Crippen LogP contribution is -2.06. The van der Waals surface area contributed by atoms with Crippen molar-refractivity contribution in [1.29, 1.82) is 0 Å². The number of halogens is 1. The highest BCUT2D eigenvalue weighted by molar-refractivity contribution is 8.21. The van der Waals surface area contributed by atoms with Crippen LogP contribution in [0.1, 0.15) is 6.92 Å². The molecule has 3 rings (SSSR count). The summed E-state index contributed by atoms with van der Waals surface area (Å²) >= 11 is 1.32. The van der Waals surface area contributed by atoms with Crippen LogP contribution in [0.2, 0.25) is 0 Å². The molecule has 1 N–H and O–H groups in total. The molecule has 0 aliphatic carbocycles. The fraction of sp³-hybridized carbons (Fsp3) is 0.0556. The Kier molecular flexibility index (Phi) is 5.50. The second-order valence-corrected chi connectivity index (χ2v) is 9.98. The van der Waals surface area contributed by atoms with Gasteiger partial charge >= 0.3 is 0 Å². The highest BCUT2D eigenvalue weighted by atomic mass is 35.7. The molecule has 144 valence electrons. The average molecular weight is 436 g/mol. The normalized spacial score (nSPS) is 12.9. The van der Waals surface area contributed by atoms with Gasteiger partial charge in [-0.15, -0.1) is 11.3 Å². The number of hydrogen-bond acceptors (Lipinski definition) is 6. The van der Waals surface area contributed by atoms with Crippen molar-refractivity contribution in [1.82, 2.24) is 4.98 Å². The molecule has 1 heterocycles. The molecule has 28 heavy (non-hydrogen) atoms. The molecule has 1 aromatic heterocycles. The summed E-state index contributed by atoms with van der Waals surface area (Å²) in [5.74, 6) is 3.28. The van der Waals surface area contributed by atoms with Crippen molar-refractivity contribution in [2.45, 2.75) is 11.8 Å². The van der Waals surface area contributed by atoms with E-state index in [0.29, 0.717) is 26.0 Å². The van der Waals surface area contributed by atoms with E-state index in [2.05, 4.69) is 16.2 Å². The van der Waals surface area contributed by atoms with Crippen LogP contribution in [0.4, 0.5) is 11.4 Å². The predicted octanol–water partition coefficient (Wildman–Crippen LogP) is 4.57. The number of carbonyl (C=O) groups excluding carboxylic acids is 1. The minimum Gasteiger partial charge on any atom is -0.326 e. The first-order valence-corrected chi connectivity index (χ1v) is 11.2. The fourth-order valence-corrected chi connectivity index (χ4v) is 4.73. The summed E-state index contributed by atoms with van der Waals surface area (Å²) in [4.78, 5) is 26.9. The predicted molar refractivity (Wildman–Crippen MR) is 113 cm³/mol. The molecule has 0 saturated carbocycles. The number of non-ortho nitro benzene ring substituents is 1. The van der Waals surface area contributed by atoms with E-state index in [-0.39, 0.29) is 11.6 Å². The number of hydrogen-bond donors (Lipinski definition) is 1. The quantitative estimate of drug-likeness (QED) is 0.273. The molecule has 0 fully saturated rings. The smallest absolute Gasteiger partial charge is 0.269 e. The maximum atomic E-state index is 12.5. The average Bonchev–Trinajstić information content (AvgIpc) is 3.10. The van der Waals surface area contributed by atoms with Gasteiger partial charge in [0.05, 0.1) is 23.4 Å². The lowest BCUT2D eigenvalue weighted by atomic mass is 10.2. The van der Waals surface area contributed by atoms with Crippen molar-refractivity contribution in [3.8, 4) is 21.0 Å². The van der Waals surface area contributed by atoms with Crippen LogP contribution in [0.3, 0.4) is 0 Å².